The van der Waals surface area contributed by atoms with E-state index in [1.54, 1.807) is 12.1 Å². The molecule has 2 saturated heterocycles. The van der Waals surface area contributed by atoms with Gasteiger partial charge < -0.3 is 4.90 Å². The number of hydrogen-bond donors (Lipinski definition) is 0. The first-order valence-corrected chi connectivity index (χ1v) is 13.1. The zero-order valence-corrected chi connectivity index (χ0v) is 21.2. The van der Waals surface area contributed by atoms with Crippen LogP contribution in [0.2, 0.25) is 0 Å². The summed E-state index contributed by atoms with van der Waals surface area (Å²) in [5, 5.41) is 0. The first-order valence-electron chi connectivity index (χ1n) is 13.1. The molecule has 4 nitrogen and oxygen atoms in total. The van der Waals surface area contributed by atoms with Gasteiger partial charge in [0.2, 0.25) is 5.91 Å². The van der Waals surface area contributed by atoms with Crippen molar-refractivity contribution in [3.8, 4) is 0 Å². The Hall–Kier alpha value is -2.38. The quantitative estimate of drug-likeness (QED) is 0.557. The molecular formula is C29H36F3N3O. The topological polar surface area (TPSA) is 26.8 Å². The second-order valence-electron chi connectivity index (χ2n) is 11.2. The Balaban J connectivity index is 1.15. The van der Waals surface area contributed by atoms with Crippen molar-refractivity contribution in [2.75, 3.05) is 32.7 Å². The van der Waals surface area contributed by atoms with Crippen molar-refractivity contribution < 1.29 is 18.0 Å². The molecule has 0 aromatic heterocycles. The third-order valence-electron chi connectivity index (χ3n) is 8.81. The van der Waals surface area contributed by atoms with E-state index in [2.05, 4.69) is 40.7 Å². The maximum atomic E-state index is 13.5. The zero-order chi connectivity index (χ0) is 25.6. The van der Waals surface area contributed by atoms with Crippen molar-refractivity contribution in [2.45, 2.75) is 69.2 Å². The molecule has 3 fully saturated rings. The first kappa shape index (κ1) is 25.3. The maximum absolute atomic E-state index is 13.5. The molecule has 2 aromatic carbocycles. The molecule has 2 aromatic rings. The molecule has 1 aliphatic carbocycles. The standard InChI is InChI=1S/C29H36F3N3O/c1-22-20-35(19-18-34(22)21-23-8-10-25(11-9-23)29(30,31)32)27(2)14-16-33(17-15-27)26(36)28(12-13-28)24-6-4-3-5-7-24/h3-11,22H,12-21H2,1-2H3/t22-/m0/s1. The molecule has 0 unspecified atom stereocenters. The van der Waals surface area contributed by atoms with Gasteiger partial charge in [-0.2, -0.15) is 13.2 Å². The van der Waals surface area contributed by atoms with Crippen molar-refractivity contribution >= 4 is 5.91 Å². The Morgan fingerprint density at radius 1 is 0.917 bits per heavy atom. The van der Waals surface area contributed by atoms with E-state index in [0.717, 1.165) is 69.5 Å². The summed E-state index contributed by atoms with van der Waals surface area (Å²) in [6.45, 7) is 9.54. The van der Waals surface area contributed by atoms with Gasteiger partial charge in [-0.1, -0.05) is 42.5 Å². The number of piperidine rings is 1. The minimum atomic E-state index is -4.30. The van der Waals surface area contributed by atoms with E-state index >= 15 is 0 Å². The largest absolute Gasteiger partial charge is 0.416 e. The summed E-state index contributed by atoms with van der Waals surface area (Å²) in [7, 11) is 0. The van der Waals surface area contributed by atoms with E-state index in [1.165, 1.54) is 12.1 Å². The predicted octanol–water partition coefficient (Wildman–Crippen LogP) is 5.32. The zero-order valence-electron chi connectivity index (χ0n) is 21.2. The monoisotopic (exact) mass is 499 g/mol. The van der Waals surface area contributed by atoms with Crippen LogP contribution < -0.4 is 0 Å². The summed E-state index contributed by atoms with van der Waals surface area (Å²) < 4.78 is 38.6. The molecule has 1 saturated carbocycles. The van der Waals surface area contributed by atoms with Gasteiger partial charge in [-0.15, -0.1) is 0 Å². The molecule has 0 N–H and O–H groups in total. The molecule has 0 radical (unpaired) electrons. The minimum absolute atomic E-state index is 0.0644. The molecule has 2 aliphatic heterocycles. The van der Waals surface area contributed by atoms with Crippen LogP contribution in [-0.4, -0.2) is 64.9 Å². The van der Waals surface area contributed by atoms with Gasteiger partial charge in [-0.25, -0.2) is 0 Å². The number of halogens is 3. The highest BCUT2D eigenvalue weighted by Crippen LogP contribution is 2.50. The lowest BCUT2D eigenvalue weighted by Crippen LogP contribution is -2.62. The smallest absolute Gasteiger partial charge is 0.342 e. The first-order chi connectivity index (χ1) is 17.1. The van der Waals surface area contributed by atoms with Crippen molar-refractivity contribution in [3.63, 3.8) is 0 Å². The van der Waals surface area contributed by atoms with Gasteiger partial charge in [-0.3, -0.25) is 14.6 Å². The van der Waals surface area contributed by atoms with E-state index in [0.29, 0.717) is 18.5 Å². The van der Waals surface area contributed by atoms with Crippen molar-refractivity contribution in [2.24, 2.45) is 0 Å². The number of piperazine rings is 1. The van der Waals surface area contributed by atoms with Crippen LogP contribution in [0.3, 0.4) is 0 Å². The number of rotatable bonds is 5. The molecule has 0 bridgehead atoms. The SMILES string of the molecule is C[C@H]1CN(C2(C)CCN(C(=O)C3(c4ccccc4)CC3)CC2)CCN1Cc1ccc(C(F)(F)F)cc1. The van der Waals surface area contributed by atoms with Gasteiger partial charge in [0.05, 0.1) is 11.0 Å². The minimum Gasteiger partial charge on any atom is -0.342 e. The molecule has 1 amide bonds. The number of likely N-dealkylation sites (tertiary alicyclic amines) is 1. The summed E-state index contributed by atoms with van der Waals surface area (Å²) in [6.07, 6.45) is -0.470. The Labute approximate surface area is 212 Å². The van der Waals surface area contributed by atoms with Gasteiger partial charge in [0, 0.05) is 50.8 Å². The van der Waals surface area contributed by atoms with Crippen molar-refractivity contribution in [1.29, 1.82) is 0 Å². The lowest BCUT2D eigenvalue weighted by molar-refractivity contribution is -0.138. The van der Waals surface area contributed by atoms with Crippen LogP contribution in [-0.2, 0) is 22.9 Å². The van der Waals surface area contributed by atoms with Gasteiger partial charge in [0.1, 0.15) is 0 Å². The third kappa shape index (κ3) is 4.92. The number of alkyl halides is 3. The van der Waals surface area contributed by atoms with Crippen LogP contribution in [0.4, 0.5) is 13.2 Å². The van der Waals surface area contributed by atoms with Crippen LogP contribution in [0.1, 0.15) is 56.2 Å². The molecule has 1 atom stereocenters. The van der Waals surface area contributed by atoms with Gasteiger partial charge in [0.15, 0.2) is 0 Å². The Kier molecular flexibility index (Phi) is 6.66. The van der Waals surface area contributed by atoms with Crippen LogP contribution in [0.5, 0.6) is 0 Å². The van der Waals surface area contributed by atoms with E-state index in [4.69, 9.17) is 0 Å². The average molecular weight is 500 g/mol. The lowest BCUT2D eigenvalue weighted by Gasteiger charge is -2.52. The van der Waals surface area contributed by atoms with Crippen molar-refractivity contribution in [1.82, 2.24) is 14.7 Å². The van der Waals surface area contributed by atoms with Crippen LogP contribution in [0.15, 0.2) is 54.6 Å². The highest BCUT2D eigenvalue weighted by atomic mass is 19.4. The lowest BCUT2D eigenvalue weighted by atomic mass is 9.85. The van der Waals surface area contributed by atoms with E-state index in [9.17, 15) is 18.0 Å². The van der Waals surface area contributed by atoms with Gasteiger partial charge >= 0.3 is 6.18 Å². The third-order valence-corrected chi connectivity index (χ3v) is 8.81. The molecule has 0 spiro atoms. The normalized spacial score (nSPS) is 24.5. The van der Waals surface area contributed by atoms with Crippen LogP contribution >= 0.6 is 0 Å². The predicted molar refractivity (Wildman–Crippen MR) is 134 cm³/mol. The molecule has 194 valence electrons. The number of carbonyl (C=O) groups excluding carboxylic acids is 1. The molecule has 5 rings (SSSR count). The number of hydrogen-bond acceptors (Lipinski definition) is 3. The Morgan fingerprint density at radius 3 is 2.11 bits per heavy atom. The Morgan fingerprint density at radius 2 is 1.56 bits per heavy atom. The fourth-order valence-corrected chi connectivity index (χ4v) is 6.07. The van der Waals surface area contributed by atoms with Crippen LogP contribution in [0, 0.1) is 0 Å². The van der Waals surface area contributed by atoms with E-state index in [1.807, 2.05) is 18.2 Å². The van der Waals surface area contributed by atoms with Crippen molar-refractivity contribution in [3.05, 3.63) is 71.3 Å². The van der Waals surface area contributed by atoms with Gasteiger partial charge in [-0.05, 0) is 62.8 Å². The second-order valence-corrected chi connectivity index (χ2v) is 11.2. The summed E-state index contributed by atoms with van der Waals surface area (Å²) in [4.78, 5) is 20.5. The Bertz CT molecular complexity index is 1060. The van der Waals surface area contributed by atoms with E-state index in [-0.39, 0.29) is 11.0 Å². The number of amides is 1. The fourth-order valence-electron chi connectivity index (χ4n) is 6.07. The number of benzene rings is 2. The second kappa shape index (κ2) is 9.49. The molecule has 3 aliphatic rings. The molecule has 2 heterocycles. The maximum Gasteiger partial charge on any atom is 0.416 e. The fraction of sp³-hybridized carbons (Fsp3) is 0.552. The summed E-state index contributed by atoms with van der Waals surface area (Å²) in [6, 6.07) is 16.1. The summed E-state index contributed by atoms with van der Waals surface area (Å²) >= 11 is 0. The highest BCUT2D eigenvalue weighted by molar-refractivity contribution is 5.91. The highest BCUT2D eigenvalue weighted by Gasteiger charge is 2.53. The molecule has 7 heteroatoms. The van der Waals surface area contributed by atoms with E-state index < -0.39 is 11.7 Å². The average Bonchev–Trinajstić information content (AvgIpc) is 3.68. The van der Waals surface area contributed by atoms with Gasteiger partial charge in [0.25, 0.3) is 0 Å². The molecule has 36 heavy (non-hydrogen) atoms. The molecular weight excluding hydrogens is 463 g/mol. The summed E-state index contributed by atoms with van der Waals surface area (Å²) in [5.41, 5.74) is 1.23. The number of nitrogens with zero attached hydrogens (tertiary/aromatic N) is 3. The number of carbonyl (C=O) groups is 1. The van der Waals surface area contributed by atoms with Crippen LogP contribution in [0.25, 0.3) is 0 Å². The summed E-state index contributed by atoms with van der Waals surface area (Å²) in [5.74, 6) is 0.297.